The van der Waals surface area contributed by atoms with Crippen LogP contribution in [0, 0.1) is 5.92 Å². The van der Waals surface area contributed by atoms with E-state index < -0.39 is 0 Å². The Morgan fingerprint density at radius 2 is 2.44 bits per heavy atom. The maximum absolute atomic E-state index is 12.2. The average molecular weight is 220 g/mol. The number of piperidine rings is 1. The van der Waals surface area contributed by atoms with Gasteiger partial charge in [0.25, 0.3) is 5.91 Å². The molecule has 4 heteroatoms. The normalized spacial score (nSPS) is 29.1. The second-order valence-corrected chi connectivity index (χ2v) is 4.58. The van der Waals surface area contributed by atoms with E-state index in [9.17, 15) is 4.79 Å². The van der Waals surface area contributed by atoms with Crippen molar-refractivity contribution in [3.8, 4) is 0 Å². The van der Waals surface area contributed by atoms with Crippen molar-refractivity contribution in [1.29, 1.82) is 0 Å². The first-order chi connectivity index (χ1) is 7.86. The molecule has 0 saturated carbocycles. The number of carbonyl (C=O) groups excluding carboxylic acids is 1. The molecule has 1 amide bonds. The number of furan rings is 1. The van der Waals surface area contributed by atoms with Crippen molar-refractivity contribution in [1.82, 2.24) is 10.2 Å². The van der Waals surface area contributed by atoms with E-state index >= 15 is 0 Å². The zero-order chi connectivity index (χ0) is 11.0. The Bertz CT molecular complexity index is 374. The van der Waals surface area contributed by atoms with Gasteiger partial charge in [0.05, 0.1) is 6.26 Å². The smallest absolute Gasteiger partial charge is 0.289 e. The molecule has 2 aliphatic heterocycles. The molecule has 1 aromatic rings. The number of amides is 1. The topological polar surface area (TPSA) is 45.5 Å². The molecule has 2 unspecified atom stereocenters. The minimum absolute atomic E-state index is 0.0428. The zero-order valence-electron chi connectivity index (χ0n) is 9.19. The van der Waals surface area contributed by atoms with Gasteiger partial charge in [-0.15, -0.1) is 0 Å². The summed E-state index contributed by atoms with van der Waals surface area (Å²) < 4.78 is 5.18. The summed E-state index contributed by atoms with van der Waals surface area (Å²) in [6, 6.07) is 3.87. The van der Waals surface area contributed by atoms with Crippen LogP contribution in [0.1, 0.15) is 23.4 Å². The number of nitrogens with zero attached hydrogens (tertiary/aromatic N) is 1. The lowest BCUT2D eigenvalue weighted by Crippen LogP contribution is -2.47. The second-order valence-electron chi connectivity index (χ2n) is 4.58. The molecular weight excluding hydrogens is 204 g/mol. The summed E-state index contributed by atoms with van der Waals surface area (Å²) in [5.74, 6) is 1.19. The van der Waals surface area contributed by atoms with Gasteiger partial charge in [0, 0.05) is 19.1 Å². The predicted octanol–water partition coefficient (Wildman–Crippen LogP) is 1.10. The molecule has 1 N–H and O–H groups in total. The van der Waals surface area contributed by atoms with Crippen LogP contribution in [0.15, 0.2) is 22.8 Å². The van der Waals surface area contributed by atoms with Gasteiger partial charge in [-0.05, 0) is 37.4 Å². The van der Waals surface area contributed by atoms with E-state index in [1.165, 1.54) is 6.42 Å². The zero-order valence-corrected chi connectivity index (χ0v) is 9.19. The molecule has 2 saturated heterocycles. The minimum Gasteiger partial charge on any atom is -0.459 e. The molecule has 0 radical (unpaired) electrons. The Labute approximate surface area is 94.6 Å². The van der Waals surface area contributed by atoms with Gasteiger partial charge in [0.15, 0.2) is 5.76 Å². The molecule has 4 nitrogen and oxygen atoms in total. The van der Waals surface area contributed by atoms with E-state index in [0.29, 0.717) is 17.7 Å². The van der Waals surface area contributed by atoms with Crippen molar-refractivity contribution in [2.24, 2.45) is 5.92 Å². The highest BCUT2D eigenvalue weighted by molar-refractivity contribution is 5.91. The van der Waals surface area contributed by atoms with Crippen LogP contribution in [-0.4, -0.2) is 36.5 Å². The summed E-state index contributed by atoms with van der Waals surface area (Å²) in [4.78, 5) is 14.1. The molecule has 0 spiro atoms. The fourth-order valence-electron chi connectivity index (χ4n) is 2.86. The summed E-state index contributed by atoms with van der Waals surface area (Å²) >= 11 is 0. The summed E-state index contributed by atoms with van der Waals surface area (Å²) in [7, 11) is 0. The van der Waals surface area contributed by atoms with Crippen LogP contribution in [0.3, 0.4) is 0 Å². The maximum Gasteiger partial charge on any atom is 0.289 e. The first-order valence-corrected chi connectivity index (χ1v) is 5.91. The summed E-state index contributed by atoms with van der Waals surface area (Å²) in [5.41, 5.74) is 0. The van der Waals surface area contributed by atoms with Crippen LogP contribution in [0.5, 0.6) is 0 Å². The number of likely N-dealkylation sites (tertiary alicyclic amines) is 1. The maximum atomic E-state index is 12.2. The molecule has 3 heterocycles. The Morgan fingerprint density at radius 1 is 1.50 bits per heavy atom. The SMILES string of the molecule is O=C(c1ccco1)N1CCC2CCNCC21. The number of nitrogens with one attached hydrogen (secondary N) is 1. The van der Waals surface area contributed by atoms with E-state index in [-0.39, 0.29) is 5.91 Å². The Kier molecular flexibility index (Phi) is 2.44. The van der Waals surface area contributed by atoms with Crippen LogP contribution in [0.2, 0.25) is 0 Å². The van der Waals surface area contributed by atoms with Crippen molar-refractivity contribution in [2.45, 2.75) is 18.9 Å². The van der Waals surface area contributed by atoms with Crippen LogP contribution < -0.4 is 5.32 Å². The standard InChI is InChI=1S/C12H16N2O2/c15-12(11-2-1-7-16-11)14-6-4-9-3-5-13-8-10(9)14/h1-2,7,9-10,13H,3-6,8H2. The molecule has 1 aromatic heterocycles. The van der Waals surface area contributed by atoms with Gasteiger partial charge in [0.2, 0.25) is 0 Å². The van der Waals surface area contributed by atoms with Crippen LogP contribution in [0.25, 0.3) is 0 Å². The van der Waals surface area contributed by atoms with Crippen molar-refractivity contribution in [3.63, 3.8) is 0 Å². The van der Waals surface area contributed by atoms with Gasteiger partial charge < -0.3 is 14.6 Å². The highest BCUT2D eigenvalue weighted by Gasteiger charge is 2.39. The van der Waals surface area contributed by atoms with E-state index in [0.717, 1.165) is 26.1 Å². The monoisotopic (exact) mass is 220 g/mol. The Hall–Kier alpha value is -1.29. The molecule has 86 valence electrons. The van der Waals surface area contributed by atoms with Gasteiger partial charge in [-0.2, -0.15) is 0 Å². The van der Waals surface area contributed by atoms with Gasteiger partial charge in [-0.1, -0.05) is 0 Å². The van der Waals surface area contributed by atoms with Crippen molar-refractivity contribution >= 4 is 5.91 Å². The number of hydrogen-bond donors (Lipinski definition) is 1. The van der Waals surface area contributed by atoms with Gasteiger partial charge >= 0.3 is 0 Å². The molecule has 3 rings (SSSR count). The minimum atomic E-state index is 0.0428. The fraction of sp³-hybridized carbons (Fsp3) is 0.583. The van der Waals surface area contributed by atoms with Crippen LogP contribution in [-0.2, 0) is 0 Å². The number of rotatable bonds is 1. The molecule has 0 aliphatic carbocycles. The molecule has 2 aliphatic rings. The van der Waals surface area contributed by atoms with Crippen LogP contribution in [0.4, 0.5) is 0 Å². The molecule has 0 aromatic carbocycles. The molecular formula is C12H16N2O2. The average Bonchev–Trinajstić information content (AvgIpc) is 2.98. The molecule has 2 atom stereocenters. The lowest BCUT2D eigenvalue weighted by atomic mass is 9.93. The predicted molar refractivity (Wildman–Crippen MR) is 59.1 cm³/mol. The quantitative estimate of drug-likeness (QED) is 0.771. The number of hydrogen-bond acceptors (Lipinski definition) is 3. The summed E-state index contributed by atoms with van der Waals surface area (Å²) in [5, 5.41) is 3.36. The lowest BCUT2D eigenvalue weighted by Gasteiger charge is -2.31. The molecule has 2 fully saturated rings. The van der Waals surface area contributed by atoms with Gasteiger partial charge in [0.1, 0.15) is 0 Å². The van der Waals surface area contributed by atoms with Crippen molar-refractivity contribution in [3.05, 3.63) is 24.2 Å². The van der Waals surface area contributed by atoms with E-state index in [1.54, 1.807) is 18.4 Å². The summed E-state index contributed by atoms with van der Waals surface area (Å²) in [6.45, 7) is 2.89. The molecule has 16 heavy (non-hydrogen) atoms. The third-order valence-electron chi connectivity index (χ3n) is 3.72. The number of fused-ring (bicyclic) bond motifs is 1. The lowest BCUT2D eigenvalue weighted by molar-refractivity contribution is 0.0670. The second kappa shape index (κ2) is 3.94. The van der Waals surface area contributed by atoms with Crippen LogP contribution >= 0.6 is 0 Å². The largest absolute Gasteiger partial charge is 0.459 e. The Balaban J connectivity index is 1.78. The van der Waals surface area contributed by atoms with Crippen molar-refractivity contribution in [2.75, 3.05) is 19.6 Å². The van der Waals surface area contributed by atoms with Gasteiger partial charge in [-0.3, -0.25) is 4.79 Å². The van der Waals surface area contributed by atoms with Crippen molar-refractivity contribution < 1.29 is 9.21 Å². The Morgan fingerprint density at radius 3 is 3.25 bits per heavy atom. The first kappa shape index (κ1) is 9.90. The number of carbonyl (C=O) groups is 1. The van der Waals surface area contributed by atoms with E-state index in [4.69, 9.17) is 4.42 Å². The first-order valence-electron chi connectivity index (χ1n) is 5.91. The van der Waals surface area contributed by atoms with Gasteiger partial charge in [-0.25, -0.2) is 0 Å². The van der Waals surface area contributed by atoms with E-state index in [2.05, 4.69) is 5.32 Å². The third-order valence-corrected chi connectivity index (χ3v) is 3.72. The summed E-state index contributed by atoms with van der Waals surface area (Å²) in [6.07, 6.45) is 3.88. The third kappa shape index (κ3) is 1.53. The molecule has 0 bridgehead atoms. The highest BCUT2D eigenvalue weighted by Crippen LogP contribution is 2.30. The van der Waals surface area contributed by atoms with E-state index in [1.807, 2.05) is 4.90 Å². The highest BCUT2D eigenvalue weighted by atomic mass is 16.3. The fourth-order valence-corrected chi connectivity index (χ4v) is 2.86.